The van der Waals surface area contributed by atoms with Crippen molar-refractivity contribution in [2.24, 2.45) is 5.73 Å². The zero-order valence-electron chi connectivity index (χ0n) is 12.2. The number of aromatic nitrogens is 2. The Balaban J connectivity index is 2.11. The van der Waals surface area contributed by atoms with E-state index >= 15 is 0 Å². The quantitative estimate of drug-likeness (QED) is 0.744. The monoisotopic (exact) mass is 330 g/mol. The van der Waals surface area contributed by atoms with Crippen molar-refractivity contribution in [3.8, 4) is 11.1 Å². The van der Waals surface area contributed by atoms with Gasteiger partial charge >= 0.3 is 0 Å². The van der Waals surface area contributed by atoms with Crippen molar-refractivity contribution in [3.63, 3.8) is 0 Å². The summed E-state index contributed by atoms with van der Waals surface area (Å²) in [5, 5.41) is 4.11. The molecule has 118 valence electrons. The Morgan fingerprint density at radius 2 is 1.83 bits per heavy atom. The fourth-order valence-electron chi connectivity index (χ4n) is 2.32. The van der Waals surface area contributed by atoms with Gasteiger partial charge in [0, 0.05) is 18.0 Å². The minimum absolute atomic E-state index is 0.162. The van der Waals surface area contributed by atoms with Crippen LogP contribution in [0, 0.1) is 0 Å². The van der Waals surface area contributed by atoms with Gasteiger partial charge in [0.2, 0.25) is 0 Å². The summed E-state index contributed by atoms with van der Waals surface area (Å²) in [7, 11) is -3.24. The van der Waals surface area contributed by atoms with E-state index in [9.17, 15) is 13.2 Å². The van der Waals surface area contributed by atoms with Crippen LogP contribution in [0.2, 0.25) is 0 Å². The fraction of sp³-hybridized carbons (Fsp3) is 0.0667. The summed E-state index contributed by atoms with van der Waals surface area (Å²) in [5.74, 6) is -0.641. The second-order valence-electron chi connectivity index (χ2n) is 5.19. The lowest BCUT2D eigenvalue weighted by Crippen LogP contribution is -2.15. The molecule has 0 bridgehead atoms. The molecular weight excluding hydrogens is 316 g/mol. The van der Waals surface area contributed by atoms with Crippen LogP contribution >= 0.6 is 0 Å². The van der Waals surface area contributed by atoms with Crippen LogP contribution in [-0.2, 0) is 9.84 Å². The lowest BCUT2D eigenvalue weighted by atomic mass is 10.1. The highest BCUT2D eigenvalue weighted by Gasteiger charge is 2.13. The van der Waals surface area contributed by atoms with Crippen LogP contribution in [-0.4, -0.2) is 30.2 Å². The van der Waals surface area contributed by atoms with Crippen molar-refractivity contribution in [2.75, 3.05) is 12.0 Å². The maximum atomic E-state index is 11.5. The molecule has 8 heteroatoms. The van der Waals surface area contributed by atoms with Gasteiger partial charge in [0.25, 0.3) is 5.91 Å². The Morgan fingerprint density at radius 3 is 2.39 bits per heavy atom. The lowest BCUT2D eigenvalue weighted by molar-refractivity contribution is 0.100. The number of rotatable bonds is 3. The Kier molecular flexibility index (Phi) is 3.33. The Hall–Kier alpha value is -2.87. The van der Waals surface area contributed by atoms with Gasteiger partial charge in [-0.1, -0.05) is 12.1 Å². The van der Waals surface area contributed by atoms with E-state index in [1.54, 1.807) is 41.0 Å². The van der Waals surface area contributed by atoms with Crippen LogP contribution < -0.4 is 11.5 Å². The fourth-order valence-corrected chi connectivity index (χ4v) is 2.96. The van der Waals surface area contributed by atoms with Gasteiger partial charge in [-0.3, -0.25) is 4.79 Å². The number of primary amides is 1. The third-order valence-corrected chi connectivity index (χ3v) is 4.69. The number of carbonyl (C=O) groups excluding carboxylic acids is 1. The summed E-state index contributed by atoms with van der Waals surface area (Å²) in [6.45, 7) is 0. The van der Waals surface area contributed by atoms with Gasteiger partial charge < -0.3 is 11.5 Å². The molecular formula is C15H14N4O3S. The van der Waals surface area contributed by atoms with E-state index in [1.807, 2.05) is 0 Å². The van der Waals surface area contributed by atoms with Gasteiger partial charge in [-0.2, -0.15) is 5.10 Å². The largest absolute Gasteiger partial charge is 0.396 e. The van der Waals surface area contributed by atoms with Gasteiger partial charge in [-0.05, 0) is 23.8 Å². The molecule has 0 saturated carbocycles. The predicted octanol–water partition coefficient (Wildman–Crippen LogP) is 1.09. The highest BCUT2D eigenvalue weighted by molar-refractivity contribution is 7.90. The second-order valence-corrected chi connectivity index (χ2v) is 7.21. The van der Waals surface area contributed by atoms with Crippen molar-refractivity contribution in [1.29, 1.82) is 0 Å². The Morgan fingerprint density at radius 1 is 1.17 bits per heavy atom. The van der Waals surface area contributed by atoms with Crippen molar-refractivity contribution < 1.29 is 13.2 Å². The molecule has 0 fully saturated rings. The Bertz CT molecular complexity index is 1020. The molecule has 0 aliphatic heterocycles. The number of hydrogen-bond donors (Lipinski definition) is 2. The Labute approximate surface area is 132 Å². The van der Waals surface area contributed by atoms with Crippen molar-refractivity contribution in [1.82, 2.24) is 9.61 Å². The molecule has 7 nitrogen and oxygen atoms in total. The number of nitrogens with two attached hydrogens (primary N) is 2. The van der Waals surface area contributed by atoms with Crippen LogP contribution in [0.4, 0.5) is 5.69 Å². The molecule has 0 aliphatic carbocycles. The maximum Gasteiger partial charge on any atom is 0.252 e. The zero-order valence-corrected chi connectivity index (χ0v) is 13.0. The summed E-state index contributed by atoms with van der Waals surface area (Å²) < 4.78 is 24.5. The zero-order chi connectivity index (χ0) is 16.8. The number of hydrogen-bond acceptors (Lipinski definition) is 5. The standard InChI is InChI=1S/C15H14N4O3S/c1-23(21,22)11-4-2-9(3-5-11)10-6-13-14(16)12(15(17)20)7-18-19(13)8-10/h2-8H,16H2,1H3,(H2,17,20). The van der Waals surface area contributed by atoms with Crippen LogP contribution in [0.1, 0.15) is 10.4 Å². The summed E-state index contributed by atoms with van der Waals surface area (Å²) in [5.41, 5.74) is 13.8. The number of amides is 1. The van der Waals surface area contributed by atoms with E-state index in [-0.39, 0.29) is 16.1 Å². The number of nitrogen functional groups attached to an aromatic ring is 1. The van der Waals surface area contributed by atoms with Crippen LogP contribution in [0.5, 0.6) is 0 Å². The van der Waals surface area contributed by atoms with E-state index in [0.717, 1.165) is 17.4 Å². The first-order chi connectivity index (χ1) is 10.8. The molecule has 1 aromatic carbocycles. The molecule has 0 spiro atoms. The predicted molar refractivity (Wildman–Crippen MR) is 86.7 cm³/mol. The summed E-state index contributed by atoms with van der Waals surface area (Å²) in [4.78, 5) is 11.6. The number of anilines is 1. The van der Waals surface area contributed by atoms with E-state index < -0.39 is 15.7 Å². The average molecular weight is 330 g/mol. The third kappa shape index (κ3) is 2.64. The number of benzene rings is 1. The first kappa shape index (κ1) is 15.0. The van der Waals surface area contributed by atoms with Crippen LogP contribution in [0.3, 0.4) is 0 Å². The SMILES string of the molecule is CS(=O)(=O)c1ccc(-c2cc3c(N)c(C(N)=O)cnn3c2)cc1. The van der Waals surface area contributed by atoms with E-state index in [2.05, 4.69) is 5.10 Å². The molecule has 2 heterocycles. The minimum atomic E-state index is -3.24. The highest BCUT2D eigenvalue weighted by Crippen LogP contribution is 2.27. The van der Waals surface area contributed by atoms with Gasteiger partial charge in [0.15, 0.2) is 9.84 Å². The van der Waals surface area contributed by atoms with Crippen LogP contribution in [0.15, 0.2) is 47.6 Å². The second kappa shape index (κ2) is 5.10. The molecule has 2 aromatic heterocycles. The average Bonchev–Trinajstić information content (AvgIpc) is 2.91. The van der Waals surface area contributed by atoms with Gasteiger partial charge in [0.05, 0.1) is 27.9 Å². The topological polar surface area (TPSA) is 121 Å². The molecule has 0 radical (unpaired) electrons. The van der Waals surface area contributed by atoms with E-state index in [0.29, 0.717) is 5.52 Å². The minimum Gasteiger partial charge on any atom is -0.396 e. The molecule has 0 aliphatic rings. The first-order valence-corrected chi connectivity index (χ1v) is 8.53. The van der Waals surface area contributed by atoms with Crippen LogP contribution in [0.25, 0.3) is 16.6 Å². The van der Waals surface area contributed by atoms with E-state index in [4.69, 9.17) is 11.5 Å². The molecule has 1 amide bonds. The van der Waals surface area contributed by atoms with Gasteiger partial charge in [-0.15, -0.1) is 0 Å². The van der Waals surface area contributed by atoms with Gasteiger partial charge in [-0.25, -0.2) is 12.9 Å². The smallest absolute Gasteiger partial charge is 0.252 e. The third-order valence-electron chi connectivity index (χ3n) is 3.56. The number of carbonyl (C=O) groups is 1. The maximum absolute atomic E-state index is 11.5. The molecule has 3 rings (SSSR count). The highest BCUT2D eigenvalue weighted by atomic mass is 32.2. The number of fused-ring (bicyclic) bond motifs is 1. The molecule has 3 aromatic rings. The molecule has 4 N–H and O–H groups in total. The molecule has 23 heavy (non-hydrogen) atoms. The molecule has 0 unspecified atom stereocenters. The number of sulfone groups is 1. The van der Waals surface area contributed by atoms with Gasteiger partial charge in [0.1, 0.15) is 0 Å². The summed E-state index contributed by atoms with van der Waals surface area (Å²) in [6.07, 6.45) is 4.22. The van der Waals surface area contributed by atoms with Crippen molar-refractivity contribution in [2.45, 2.75) is 4.90 Å². The van der Waals surface area contributed by atoms with Crippen molar-refractivity contribution in [3.05, 3.63) is 48.3 Å². The van der Waals surface area contributed by atoms with Crippen molar-refractivity contribution >= 4 is 26.9 Å². The first-order valence-electron chi connectivity index (χ1n) is 6.64. The molecule has 0 atom stereocenters. The normalized spacial score (nSPS) is 11.7. The molecule has 0 saturated heterocycles. The summed E-state index contributed by atoms with van der Waals surface area (Å²) >= 11 is 0. The van der Waals surface area contributed by atoms with E-state index in [1.165, 1.54) is 6.20 Å². The number of nitrogens with zero attached hydrogens (tertiary/aromatic N) is 2. The summed E-state index contributed by atoms with van der Waals surface area (Å²) in [6, 6.07) is 8.26. The lowest BCUT2D eigenvalue weighted by Gasteiger charge is -2.02.